The third-order valence-electron chi connectivity index (χ3n) is 4.02. The van der Waals surface area contributed by atoms with Crippen molar-refractivity contribution in [2.45, 2.75) is 24.3 Å². The fraction of sp³-hybridized carbons (Fsp3) is 0.300. The number of amides is 1. The summed E-state index contributed by atoms with van der Waals surface area (Å²) in [5.74, 6) is -0.433. The quantitative estimate of drug-likeness (QED) is 0.675. The van der Waals surface area contributed by atoms with E-state index in [0.717, 1.165) is 17.6 Å². The fourth-order valence-corrected chi connectivity index (χ4v) is 3.07. The highest BCUT2D eigenvalue weighted by atomic mass is 32.2. The number of hydrogen-bond acceptors (Lipinski definition) is 6. The summed E-state index contributed by atoms with van der Waals surface area (Å²) in [6.07, 6.45) is 0.661. The molecule has 0 aliphatic heterocycles. The zero-order valence-electron chi connectivity index (χ0n) is 16.0. The van der Waals surface area contributed by atoms with Crippen molar-refractivity contribution in [2.24, 2.45) is 0 Å². The average Bonchev–Trinajstić information content (AvgIpc) is 2.67. The summed E-state index contributed by atoms with van der Waals surface area (Å²) in [5.41, 5.74) is 1.10. The molecule has 2 aromatic rings. The maximum atomic E-state index is 12.2. The number of ether oxygens (including phenoxy) is 2. The molecular weight excluding hydrogens is 382 g/mol. The molecule has 0 spiro atoms. The maximum absolute atomic E-state index is 12.2. The van der Waals surface area contributed by atoms with Gasteiger partial charge in [-0.15, -0.1) is 0 Å². The Bertz CT molecular complexity index is 937. The Balaban J connectivity index is 1.86. The van der Waals surface area contributed by atoms with Gasteiger partial charge in [0.15, 0.2) is 15.9 Å². The van der Waals surface area contributed by atoms with Gasteiger partial charge in [0.1, 0.15) is 5.75 Å². The van der Waals surface area contributed by atoms with Crippen LogP contribution in [0.15, 0.2) is 53.4 Å². The number of methoxy groups -OCH3 is 1. The van der Waals surface area contributed by atoms with Crippen molar-refractivity contribution in [1.82, 2.24) is 5.32 Å². The van der Waals surface area contributed by atoms with Gasteiger partial charge in [0.2, 0.25) is 0 Å². The van der Waals surface area contributed by atoms with E-state index >= 15 is 0 Å². The van der Waals surface area contributed by atoms with E-state index in [0.29, 0.717) is 13.0 Å². The average molecular weight is 405 g/mol. The Hall–Kier alpha value is -2.87. The Morgan fingerprint density at radius 2 is 1.79 bits per heavy atom. The van der Waals surface area contributed by atoms with Crippen LogP contribution in [0.1, 0.15) is 22.8 Å². The molecule has 0 saturated heterocycles. The molecule has 150 valence electrons. The van der Waals surface area contributed by atoms with E-state index in [2.05, 4.69) is 5.32 Å². The highest BCUT2D eigenvalue weighted by molar-refractivity contribution is 7.90. The summed E-state index contributed by atoms with van der Waals surface area (Å²) >= 11 is 0. The van der Waals surface area contributed by atoms with Crippen molar-refractivity contribution in [3.05, 3.63) is 59.7 Å². The van der Waals surface area contributed by atoms with Gasteiger partial charge in [-0.3, -0.25) is 4.79 Å². The Labute approximate surface area is 164 Å². The molecule has 28 heavy (non-hydrogen) atoms. The van der Waals surface area contributed by atoms with Crippen LogP contribution < -0.4 is 10.1 Å². The van der Waals surface area contributed by atoms with Crippen LogP contribution in [0, 0.1) is 0 Å². The summed E-state index contributed by atoms with van der Waals surface area (Å²) < 4.78 is 33.4. The first kappa shape index (κ1) is 21.4. The van der Waals surface area contributed by atoms with Crippen LogP contribution in [0.2, 0.25) is 0 Å². The molecule has 2 rings (SSSR count). The molecule has 1 N–H and O–H groups in total. The lowest BCUT2D eigenvalue weighted by molar-refractivity contribution is -0.129. The molecule has 0 unspecified atom stereocenters. The molecule has 0 aliphatic carbocycles. The molecule has 0 aliphatic rings. The second-order valence-electron chi connectivity index (χ2n) is 6.24. The SMILES string of the molecule is COc1ccc(CCNC(=O)[C@H](C)OC(=O)c2cccc(S(C)(=O)=O)c2)cc1. The first-order valence-electron chi connectivity index (χ1n) is 8.62. The normalized spacial score (nSPS) is 12.1. The molecule has 0 bridgehead atoms. The van der Waals surface area contributed by atoms with Crippen LogP contribution in [0.4, 0.5) is 0 Å². The van der Waals surface area contributed by atoms with Gasteiger partial charge in [0.25, 0.3) is 5.91 Å². The minimum absolute atomic E-state index is 0.0125. The lowest BCUT2D eigenvalue weighted by Crippen LogP contribution is -2.36. The Kier molecular flexibility index (Phi) is 7.17. The number of sulfone groups is 1. The van der Waals surface area contributed by atoms with E-state index in [1.165, 1.54) is 31.2 Å². The summed E-state index contributed by atoms with van der Waals surface area (Å²) in [6.45, 7) is 1.84. The van der Waals surface area contributed by atoms with Crippen molar-refractivity contribution in [2.75, 3.05) is 19.9 Å². The van der Waals surface area contributed by atoms with Crippen LogP contribution in [0.3, 0.4) is 0 Å². The Morgan fingerprint density at radius 3 is 2.39 bits per heavy atom. The summed E-state index contributed by atoms with van der Waals surface area (Å²) in [7, 11) is -1.85. The van der Waals surface area contributed by atoms with Gasteiger partial charge < -0.3 is 14.8 Å². The van der Waals surface area contributed by atoms with E-state index in [1.807, 2.05) is 24.3 Å². The number of carbonyl (C=O) groups is 2. The summed E-state index contributed by atoms with van der Waals surface area (Å²) in [6, 6.07) is 13.0. The van der Waals surface area contributed by atoms with Crippen molar-refractivity contribution >= 4 is 21.7 Å². The van der Waals surface area contributed by atoms with E-state index in [1.54, 1.807) is 7.11 Å². The number of carbonyl (C=O) groups excluding carboxylic acids is 2. The highest BCUT2D eigenvalue weighted by Crippen LogP contribution is 2.13. The summed E-state index contributed by atoms with van der Waals surface area (Å²) in [5, 5.41) is 2.71. The molecule has 2 aromatic carbocycles. The van der Waals surface area contributed by atoms with Gasteiger partial charge in [-0.1, -0.05) is 18.2 Å². The molecule has 0 fully saturated rings. The number of hydrogen-bond donors (Lipinski definition) is 1. The monoisotopic (exact) mass is 405 g/mol. The van der Waals surface area contributed by atoms with Crippen molar-refractivity contribution in [3.8, 4) is 5.75 Å². The third kappa shape index (κ3) is 6.09. The number of esters is 1. The van der Waals surface area contributed by atoms with Crippen LogP contribution >= 0.6 is 0 Å². The molecule has 0 radical (unpaired) electrons. The van der Waals surface area contributed by atoms with E-state index in [-0.39, 0.29) is 10.5 Å². The highest BCUT2D eigenvalue weighted by Gasteiger charge is 2.19. The van der Waals surface area contributed by atoms with Crippen molar-refractivity contribution in [3.63, 3.8) is 0 Å². The third-order valence-corrected chi connectivity index (χ3v) is 5.13. The van der Waals surface area contributed by atoms with Crippen LogP contribution in [0.25, 0.3) is 0 Å². The lowest BCUT2D eigenvalue weighted by Gasteiger charge is -2.14. The van der Waals surface area contributed by atoms with Gasteiger partial charge >= 0.3 is 5.97 Å². The molecule has 1 atom stereocenters. The van der Waals surface area contributed by atoms with Crippen molar-refractivity contribution in [1.29, 1.82) is 0 Å². The summed E-state index contributed by atoms with van der Waals surface area (Å²) in [4.78, 5) is 24.3. The van der Waals surface area contributed by atoms with Gasteiger partial charge in [-0.2, -0.15) is 0 Å². The Morgan fingerprint density at radius 1 is 1.11 bits per heavy atom. The number of rotatable bonds is 8. The van der Waals surface area contributed by atoms with Gasteiger partial charge in [0.05, 0.1) is 17.6 Å². The van der Waals surface area contributed by atoms with Crippen LogP contribution in [0.5, 0.6) is 5.75 Å². The fourth-order valence-electron chi connectivity index (χ4n) is 2.40. The lowest BCUT2D eigenvalue weighted by atomic mass is 10.1. The maximum Gasteiger partial charge on any atom is 0.338 e. The topological polar surface area (TPSA) is 98.8 Å². The first-order valence-corrected chi connectivity index (χ1v) is 10.5. The van der Waals surface area contributed by atoms with Gasteiger partial charge in [-0.05, 0) is 49.2 Å². The van der Waals surface area contributed by atoms with Gasteiger partial charge in [0, 0.05) is 12.8 Å². The molecule has 7 nitrogen and oxygen atoms in total. The second kappa shape index (κ2) is 9.36. The molecule has 0 saturated carbocycles. The number of benzene rings is 2. The molecular formula is C20H23NO6S. The van der Waals surface area contributed by atoms with Crippen LogP contribution in [-0.4, -0.2) is 46.3 Å². The standard InChI is InChI=1S/C20H23NO6S/c1-14(19(22)21-12-11-15-7-9-17(26-2)10-8-15)27-20(23)16-5-4-6-18(13-16)28(3,24)25/h4-10,13-14H,11-12H2,1-3H3,(H,21,22)/t14-/m0/s1. The largest absolute Gasteiger partial charge is 0.497 e. The molecule has 1 amide bonds. The zero-order valence-corrected chi connectivity index (χ0v) is 16.8. The van der Waals surface area contributed by atoms with Gasteiger partial charge in [-0.25, -0.2) is 13.2 Å². The van der Waals surface area contributed by atoms with Crippen molar-refractivity contribution < 1.29 is 27.5 Å². The second-order valence-corrected chi connectivity index (χ2v) is 8.25. The molecule has 8 heteroatoms. The predicted octanol–water partition coefficient (Wildman–Crippen LogP) is 2.00. The zero-order chi connectivity index (χ0) is 20.7. The van der Waals surface area contributed by atoms with E-state index in [9.17, 15) is 18.0 Å². The van der Waals surface area contributed by atoms with Crippen LogP contribution in [-0.2, 0) is 25.8 Å². The predicted molar refractivity (Wildman–Crippen MR) is 104 cm³/mol. The van der Waals surface area contributed by atoms with E-state index in [4.69, 9.17) is 9.47 Å². The minimum Gasteiger partial charge on any atom is -0.497 e. The minimum atomic E-state index is -3.44. The molecule has 0 aromatic heterocycles. The first-order chi connectivity index (χ1) is 13.2. The number of nitrogens with one attached hydrogen (secondary N) is 1. The smallest absolute Gasteiger partial charge is 0.338 e. The molecule has 0 heterocycles. The van der Waals surface area contributed by atoms with E-state index < -0.39 is 27.8 Å².